The molecule has 105 heavy (non-hydrogen) atoms. The van der Waals surface area contributed by atoms with Crippen LogP contribution >= 0.6 is 15.9 Å². The molecule has 496 valence electrons. The Morgan fingerprint density at radius 2 is 0.610 bits per heavy atom. The molecule has 0 saturated carbocycles. The maximum atomic E-state index is 6.64. The Labute approximate surface area is 616 Å². The summed E-state index contributed by atoms with van der Waals surface area (Å²) in [4.78, 5) is 23.4. The van der Waals surface area contributed by atoms with E-state index in [1.807, 2.05) is 140 Å². The summed E-state index contributed by atoms with van der Waals surface area (Å²) in [5.41, 5.74) is 26.8. The third-order valence-electron chi connectivity index (χ3n) is 19.3. The van der Waals surface area contributed by atoms with Crippen molar-refractivity contribution in [3.05, 3.63) is 381 Å². The van der Waals surface area contributed by atoms with E-state index in [1.54, 1.807) is 0 Å². The lowest BCUT2D eigenvalue weighted by atomic mass is 9.96. The topological polar surface area (TPSA) is 90.7 Å². The molecule has 20 rings (SSSR count). The first-order valence-corrected chi connectivity index (χ1v) is 35.8. The normalized spacial score (nSPS) is 11.4. The third kappa shape index (κ3) is 12.4. The monoisotopic (exact) mass is 1410 g/mol. The average Bonchev–Trinajstić information content (AvgIpc) is 1.56. The van der Waals surface area contributed by atoms with Crippen molar-refractivity contribution in [3.63, 3.8) is 0 Å². The van der Waals surface area contributed by atoms with Crippen molar-refractivity contribution >= 4 is 37.7 Å². The zero-order valence-electron chi connectivity index (χ0n) is 56.7. The van der Waals surface area contributed by atoms with Crippen LogP contribution < -0.4 is 9.47 Å². The van der Waals surface area contributed by atoms with Crippen LogP contribution in [0.2, 0.25) is 0 Å². The summed E-state index contributed by atoms with van der Waals surface area (Å²) in [6, 6.07) is 130. The number of aromatic amines is 1. The molecule has 8 nitrogen and oxygen atoms in total. The van der Waals surface area contributed by atoms with Crippen molar-refractivity contribution in [1.82, 2.24) is 29.5 Å². The molecular weight excluding hydrogens is 1350 g/mol. The predicted octanol–water partition coefficient (Wildman–Crippen LogP) is 26.0. The number of para-hydroxylation sites is 6. The average molecular weight is 1410 g/mol. The zero-order chi connectivity index (χ0) is 70.0. The SMILES string of the molecule is Brc1ccc(-c2cc(-c3ccccc3)nc(-c3ccccc3)n2)cc1.c1ccc(-c2cc(-c3ccc(-n4c5c(c6cccc(-c7ccccc7)c64)-c4ccccc4Oc4ccccc4-5)cc3)nc(-c3ccccc3)n2)cc1.c1ccc(-c2cccc3c4c([nH]c23)-c2ccccc2Oc2ccccc2-4)cc1. The van der Waals surface area contributed by atoms with Gasteiger partial charge in [-0.15, -0.1) is 0 Å². The molecule has 0 saturated heterocycles. The zero-order valence-corrected chi connectivity index (χ0v) is 58.3. The molecule has 0 unspecified atom stereocenters. The second kappa shape index (κ2) is 28.1. The lowest BCUT2D eigenvalue weighted by molar-refractivity contribution is 0.487. The van der Waals surface area contributed by atoms with Gasteiger partial charge in [-0.3, -0.25) is 0 Å². The summed E-state index contributed by atoms with van der Waals surface area (Å²) in [6.45, 7) is 0. The fraction of sp³-hybridized carbons (Fsp3) is 0. The minimum Gasteiger partial charge on any atom is -0.456 e. The fourth-order valence-corrected chi connectivity index (χ4v) is 14.6. The van der Waals surface area contributed by atoms with Crippen LogP contribution in [-0.4, -0.2) is 29.5 Å². The van der Waals surface area contributed by atoms with Gasteiger partial charge in [0.1, 0.15) is 23.0 Å². The lowest BCUT2D eigenvalue weighted by Crippen LogP contribution is -2.00. The number of hydrogen-bond acceptors (Lipinski definition) is 6. The number of nitrogens with one attached hydrogen (secondary N) is 1. The van der Waals surface area contributed by atoms with Gasteiger partial charge in [-0.25, -0.2) is 19.9 Å². The largest absolute Gasteiger partial charge is 0.456 e. The summed E-state index contributed by atoms with van der Waals surface area (Å²) in [7, 11) is 0. The van der Waals surface area contributed by atoms with Crippen molar-refractivity contribution in [3.8, 4) is 164 Å². The quantitative estimate of drug-likeness (QED) is 0.155. The molecule has 4 aromatic heterocycles. The summed E-state index contributed by atoms with van der Waals surface area (Å²) < 4.78 is 16.4. The highest BCUT2D eigenvalue weighted by Gasteiger charge is 2.31. The summed E-state index contributed by atoms with van der Waals surface area (Å²) in [5, 5.41) is 2.38. The number of fused-ring (bicyclic) bond motifs is 14. The molecule has 2 aliphatic rings. The Balaban J connectivity index is 0.000000124. The van der Waals surface area contributed by atoms with E-state index in [4.69, 9.17) is 29.4 Å². The summed E-state index contributed by atoms with van der Waals surface area (Å²) in [5.74, 6) is 4.88. The number of H-pyrrole nitrogens is 1. The molecule has 0 aliphatic carbocycles. The molecular formula is C96H63BrN6O2. The van der Waals surface area contributed by atoms with Gasteiger partial charge in [0, 0.05) is 98.8 Å². The van der Waals surface area contributed by atoms with Crippen LogP contribution in [0.4, 0.5) is 0 Å². The Hall–Kier alpha value is -13.6. The van der Waals surface area contributed by atoms with Gasteiger partial charge in [-0.05, 0) is 83.9 Å². The van der Waals surface area contributed by atoms with Gasteiger partial charge in [0.2, 0.25) is 0 Å². The van der Waals surface area contributed by atoms with E-state index in [0.717, 1.165) is 145 Å². The van der Waals surface area contributed by atoms with Crippen molar-refractivity contribution < 1.29 is 9.47 Å². The minimum atomic E-state index is 0.700. The van der Waals surface area contributed by atoms with Crippen molar-refractivity contribution in [2.75, 3.05) is 0 Å². The highest BCUT2D eigenvalue weighted by Crippen LogP contribution is 2.54. The number of aromatic nitrogens is 6. The predicted molar refractivity (Wildman–Crippen MR) is 432 cm³/mol. The number of hydrogen-bond donors (Lipinski definition) is 1. The molecule has 1 N–H and O–H groups in total. The standard InChI is InChI=1S/C48H31N3O.C26H17NO.C22H15BrN2/c1-4-15-32(16-5-1)37-23-14-24-40-45-38-21-10-12-25-43(38)52-44-26-13-11-22-39(44)47(45)51(46(37)40)36-29-27-34(28-30-36)42-31-41(33-17-6-2-7-18-33)49-48(50-42)35-19-8-3-9-20-35;1-2-9-17(10-3-1)18-13-8-14-21-24-19-11-4-6-15-22(19)28-23-16-7-5-12-20(23)26(24)27-25(18)21;23-19-13-11-17(12-14-19)21-15-20(16-7-3-1-4-8-16)24-22(25-21)18-9-5-2-6-10-18/h1-31H;1-16,27H;1-15H. The number of rotatable bonds is 9. The molecule has 0 fully saturated rings. The smallest absolute Gasteiger partial charge is 0.160 e. The molecule has 2 aliphatic heterocycles. The van der Waals surface area contributed by atoms with Crippen LogP contribution in [0.3, 0.4) is 0 Å². The Bertz CT molecular complexity index is 6070. The number of benzene rings is 14. The first-order chi connectivity index (χ1) is 52.0. The number of ether oxygens (including phenoxy) is 2. The van der Waals surface area contributed by atoms with E-state index < -0.39 is 0 Å². The maximum Gasteiger partial charge on any atom is 0.160 e. The first-order valence-electron chi connectivity index (χ1n) is 35.0. The molecule has 0 bridgehead atoms. The number of halogens is 1. The lowest BCUT2D eigenvalue weighted by Gasteiger charge is -2.16. The summed E-state index contributed by atoms with van der Waals surface area (Å²) >= 11 is 3.49. The Morgan fingerprint density at radius 3 is 1.10 bits per heavy atom. The highest BCUT2D eigenvalue weighted by molar-refractivity contribution is 9.10. The van der Waals surface area contributed by atoms with Gasteiger partial charge in [0.05, 0.1) is 45.2 Å². The van der Waals surface area contributed by atoms with Crippen LogP contribution in [0.25, 0.3) is 162 Å². The fourth-order valence-electron chi connectivity index (χ4n) is 14.3. The Kier molecular flexibility index (Phi) is 17.0. The van der Waals surface area contributed by atoms with E-state index in [1.165, 1.54) is 38.6 Å². The minimum absolute atomic E-state index is 0.700. The van der Waals surface area contributed by atoms with Gasteiger partial charge < -0.3 is 19.0 Å². The summed E-state index contributed by atoms with van der Waals surface area (Å²) in [6.07, 6.45) is 0. The van der Waals surface area contributed by atoms with Gasteiger partial charge >= 0.3 is 0 Å². The van der Waals surface area contributed by atoms with E-state index >= 15 is 0 Å². The second-order valence-corrected chi connectivity index (χ2v) is 26.6. The maximum absolute atomic E-state index is 6.64. The van der Waals surface area contributed by atoms with Crippen LogP contribution in [0.5, 0.6) is 23.0 Å². The van der Waals surface area contributed by atoms with Crippen molar-refractivity contribution in [1.29, 1.82) is 0 Å². The van der Waals surface area contributed by atoms with E-state index in [2.05, 4.69) is 262 Å². The second-order valence-electron chi connectivity index (χ2n) is 25.7. The molecule has 6 heterocycles. The highest BCUT2D eigenvalue weighted by atomic mass is 79.9. The number of nitrogens with zero attached hydrogens (tertiary/aromatic N) is 5. The molecule has 0 atom stereocenters. The van der Waals surface area contributed by atoms with Crippen molar-refractivity contribution in [2.45, 2.75) is 0 Å². The van der Waals surface area contributed by atoms with Crippen molar-refractivity contribution in [2.24, 2.45) is 0 Å². The molecule has 0 spiro atoms. The molecule has 0 radical (unpaired) electrons. The molecule has 18 aromatic rings. The van der Waals surface area contributed by atoms with E-state index in [9.17, 15) is 0 Å². The van der Waals surface area contributed by atoms with Gasteiger partial charge in [-0.1, -0.05) is 319 Å². The van der Waals surface area contributed by atoms with Crippen LogP contribution in [0.15, 0.2) is 381 Å². The molecule has 14 aromatic carbocycles. The van der Waals surface area contributed by atoms with Gasteiger partial charge in [0.15, 0.2) is 11.6 Å². The first kappa shape index (κ1) is 63.6. The van der Waals surface area contributed by atoms with Crippen LogP contribution in [0, 0.1) is 0 Å². The van der Waals surface area contributed by atoms with Gasteiger partial charge in [-0.2, -0.15) is 0 Å². The van der Waals surface area contributed by atoms with Gasteiger partial charge in [0.25, 0.3) is 0 Å². The van der Waals surface area contributed by atoms with E-state index in [-0.39, 0.29) is 0 Å². The Morgan fingerprint density at radius 1 is 0.267 bits per heavy atom. The molecule has 0 amide bonds. The van der Waals surface area contributed by atoms with Crippen LogP contribution in [-0.2, 0) is 0 Å². The van der Waals surface area contributed by atoms with E-state index in [0.29, 0.717) is 5.82 Å². The molecule has 9 heteroatoms. The third-order valence-corrected chi connectivity index (χ3v) is 19.8. The van der Waals surface area contributed by atoms with Crippen LogP contribution in [0.1, 0.15) is 0 Å².